The van der Waals surface area contributed by atoms with Crippen molar-refractivity contribution in [1.29, 1.82) is 0 Å². The van der Waals surface area contributed by atoms with E-state index in [1.54, 1.807) is 0 Å². The summed E-state index contributed by atoms with van der Waals surface area (Å²) in [5.74, 6) is -0.833. The predicted octanol–water partition coefficient (Wildman–Crippen LogP) is 5.13. The van der Waals surface area contributed by atoms with Gasteiger partial charge in [0.2, 0.25) is 0 Å². The molecule has 0 aromatic rings. The summed E-state index contributed by atoms with van der Waals surface area (Å²) in [5, 5.41) is 0. The van der Waals surface area contributed by atoms with Crippen molar-refractivity contribution in [2.45, 2.75) is 77.6 Å². The van der Waals surface area contributed by atoms with Gasteiger partial charge >= 0.3 is 11.9 Å². The highest BCUT2D eigenvalue weighted by atomic mass is 16.5. The molecule has 0 atom stereocenters. The maximum atomic E-state index is 11.6. The zero-order valence-electron chi connectivity index (χ0n) is 15.3. The van der Waals surface area contributed by atoms with E-state index in [1.807, 2.05) is 0 Å². The SMILES string of the molecule is C=CC(=O)OCC(=C)CC(=O)OCCCCCCCCCCCC. The molecule has 0 spiro atoms. The van der Waals surface area contributed by atoms with Crippen molar-refractivity contribution in [3.8, 4) is 0 Å². The van der Waals surface area contributed by atoms with Gasteiger partial charge in [-0.05, 0) is 12.0 Å². The third kappa shape index (κ3) is 15.3. The van der Waals surface area contributed by atoms with Gasteiger partial charge in [-0.15, -0.1) is 0 Å². The lowest BCUT2D eigenvalue weighted by molar-refractivity contribution is -0.144. The third-order valence-electron chi connectivity index (χ3n) is 3.74. The Hall–Kier alpha value is -1.58. The van der Waals surface area contributed by atoms with Gasteiger partial charge in [-0.25, -0.2) is 4.79 Å². The summed E-state index contributed by atoms with van der Waals surface area (Å²) < 4.78 is 9.96. The Morgan fingerprint density at radius 2 is 1.42 bits per heavy atom. The Balaban J connectivity index is 3.38. The maximum absolute atomic E-state index is 11.6. The summed E-state index contributed by atoms with van der Waals surface area (Å²) in [6.45, 7) is 9.71. The molecule has 0 rings (SSSR count). The molecule has 0 heterocycles. The zero-order valence-corrected chi connectivity index (χ0v) is 15.3. The molecule has 0 saturated heterocycles. The molecule has 4 nitrogen and oxygen atoms in total. The normalized spacial score (nSPS) is 10.2. The van der Waals surface area contributed by atoms with Crippen LogP contribution in [0.25, 0.3) is 0 Å². The molecule has 138 valence electrons. The second-order valence-electron chi connectivity index (χ2n) is 6.14. The Morgan fingerprint density at radius 1 is 0.875 bits per heavy atom. The second kappa shape index (κ2) is 16.3. The third-order valence-corrected chi connectivity index (χ3v) is 3.74. The summed E-state index contributed by atoms with van der Waals surface area (Å²) in [6.07, 6.45) is 13.7. The number of unbranched alkanes of at least 4 members (excludes halogenated alkanes) is 9. The highest BCUT2D eigenvalue weighted by molar-refractivity contribution is 5.81. The van der Waals surface area contributed by atoms with E-state index in [0.717, 1.165) is 18.9 Å². The fourth-order valence-electron chi connectivity index (χ4n) is 2.31. The number of esters is 2. The van der Waals surface area contributed by atoms with Crippen molar-refractivity contribution in [2.75, 3.05) is 13.2 Å². The molecule has 0 radical (unpaired) electrons. The fourth-order valence-corrected chi connectivity index (χ4v) is 2.31. The van der Waals surface area contributed by atoms with Crippen LogP contribution in [0.4, 0.5) is 0 Å². The number of ether oxygens (including phenoxy) is 2. The van der Waals surface area contributed by atoms with Gasteiger partial charge in [0, 0.05) is 6.08 Å². The molecule has 0 unspecified atom stereocenters. The lowest BCUT2D eigenvalue weighted by atomic mass is 10.1. The lowest BCUT2D eigenvalue weighted by Crippen LogP contribution is -2.10. The van der Waals surface area contributed by atoms with E-state index < -0.39 is 5.97 Å². The Labute approximate surface area is 147 Å². The summed E-state index contributed by atoms with van der Waals surface area (Å²) >= 11 is 0. The van der Waals surface area contributed by atoms with Crippen LogP contribution >= 0.6 is 0 Å². The van der Waals surface area contributed by atoms with Gasteiger partial charge in [-0.2, -0.15) is 0 Å². The summed E-state index contributed by atoms with van der Waals surface area (Å²) in [7, 11) is 0. The first-order valence-electron chi connectivity index (χ1n) is 9.21. The number of rotatable bonds is 16. The van der Waals surface area contributed by atoms with Crippen molar-refractivity contribution < 1.29 is 19.1 Å². The molecule has 0 bridgehead atoms. The van der Waals surface area contributed by atoms with Crippen LogP contribution in [0.2, 0.25) is 0 Å². The van der Waals surface area contributed by atoms with Crippen molar-refractivity contribution in [3.05, 3.63) is 24.8 Å². The van der Waals surface area contributed by atoms with Crippen molar-refractivity contribution in [1.82, 2.24) is 0 Å². The minimum absolute atomic E-state index is 0.0260. The van der Waals surface area contributed by atoms with Crippen LogP contribution in [0.15, 0.2) is 24.8 Å². The Kier molecular flexibility index (Phi) is 15.2. The van der Waals surface area contributed by atoms with Crippen molar-refractivity contribution in [3.63, 3.8) is 0 Å². The molecule has 0 aliphatic carbocycles. The van der Waals surface area contributed by atoms with Crippen LogP contribution in [0.1, 0.15) is 77.6 Å². The molecular formula is C20H34O4. The van der Waals surface area contributed by atoms with Gasteiger partial charge in [-0.1, -0.05) is 77.9 Å². The monoisotopic (exact) mass is 338 g/mol. The molecule has 0 aliphatic rings. The van der Waals surface area contributed by atoms with Crippen molar-refractivity contribution >= 4 is 11.9 Å². The highest BCUT2D eigenvalue weighted by Gasteiger charge is 2.07. The van der Waals surface area contributed by atoms with Gasteiger partial charge in [0.25, 0.3) is 0 Å². The predicted molar refractivity (Wildman–Crippen MR) is 97.7 cm³/mol. The molecule has 0 amide bonds. The molecule has 0 saturated carbocycles. The van der Waals surface area contributed by atoms with Crippen LogP contribution in [-0.4, -0.2) is 25.2 Å². The van der Waals surface area contributed by atoms with Crippen LogP contribution in [0.5, 0.6) is 0 Å². The van der Waals surface area contributed by atoms with E-state index in [0.29, 0.717) is 12.2 Å². The standard InChI is InChI=1S/C20H34O4/c1-4-6-7-8-9-10-11-12-13-14-15-23-20(22)16-18(3)17-24-19(21)5-2/h5H,2-4,6-17H2,1H3. The topological polar surface area (TPSA) is 52.6 Å². The van der Waals surface area contributed by atoms with E-state index in [2.05, 4.69) is 20.1 Å². The largest absolute Gasteiger partial charge is 0.465 e. The molecular weight excluding hydrogens is 304 g/mol. The molecule has 0 fully saturated rings. The van der Waals surface area contributed by atoms with E-state index in [-0.39, 0.29) is 19.0 Å². The Bertz CT molecular complexity index is 374. The smallest absolute Gasteiger partial charge is 0.330 e. The van der Waals surface area contributed by atoms with Gasteiger partial charge < -0.3 is 9.47 Å². The average Bonchev–Trinajstić information content (AvgIpc) is 2.57. The summed E-state index contributed by atoms with van der Waals surface area (Å²) in [4.78, 5) is 22.5. The second-order valence-corrected chi connectivity index (χ2v) is 6.14. The highest BCUT2D eigenvalue weighted by Crippen LogP contribution is 2.10. The van der Waals surface area contributed by atoms with Crippen LogP contribution in [-0.2, 0) is 19.1 Å². The van der Waals surface area contributed by atoms with Gasteiger partial charge in [0.05, 0.1) is 13.0 Å². The van der Waals surface area contributed by atoms with E-state index in [1.165, 1.54) is 51.4 Å². The van der Waals surface area contributed by atoms with Gasteiger partial charge in [0.15, 0.2) is 0 Å². The van der Waals surface area contributed by atoms with Gasteiger partial charge in [-0.3, -0.25) is 4.79 Å². The Morgan fingerprint density at radius 3 is 1.96 bits per heavy atom. The summed E-state index contributed by atoms with van der Waals surface area (Å²) in [5.41, 5.74) is 0.526. The number of carbonyl (C=O) groups is 2. The lowest BCUT2D eigenvalue weighted by Gasteiger charge is -2.07. The van der Waals surface area contributed by atoms with E-state index in [9.17, 15) is 9.59 Å². The van der Waals surface area contributed by atoms with Gasteiger partial charge in [0.1, 0.15) is 6.61 Å². The van der Waals surface area contributed by atoms with E-state index in [4.69, 9.17) is 9.47 Å². The number of carbonyl (C=O) groups excluding carboxylic acids is 2. The maximum Gasteiger partial charge on any atom is 0.330 e. The van der Waals surface area contributed by atoms with Crippen molar-refractivity contribution in [2.24, 2.45) is 0 Å². The minimum Gasteiger partial charge on any atom is -0.465 e. The first-order valence-corrected chi connectivity index (χ1v) is 9.21. The van der Waals surface area contributed by atoms with Crippen LogP contribution in [0, 0.1) is 0 Å². The van der Waals surface area contributed by atoms with Crippen LogP contribution < -0.4 is 0 Å². The molecule has 0 aliphatic heterocycles. The van der Waals surface area contributed by atoms with Crippen LogP contribution in [0.3, 0.4) is 0 Å². The molecule has 0 aromatic heterocycles. The summed E-state index contributed by atoms with van der Waals surface area (Å²) in [6, 6.07) is 0. The molecule has 24 heavy (non-hydrogen) atoms. The minimum atomic E-state index is -0.519. The average molecular weight is 338 g/mol. The van der Waals surface area contributed by atoms with E-state index >= 15 is 0 Å². The molecule has 4 heteroatoms. The fraction of sp³-hybridized carbons (Fsp3) is 0.700. The molecule has 0 aromatic carbocycles. The molecule has 0 N–H and O–H groups in total. The first-order chi connectivity index (χ1) is 11.6. The first kappa shape index (κ1) is 22.4. The number of hydrogen-bond acceptors (Lipinski definition) is 4. The quantitative estimate of drug-likeness (QED) is 0.169. The zero-order chi connectivity index (χ0) is 18.0. The number of hydrogen-bond donors (Lipinski definition) is 0.